The lowest BCUT2D eigenvalue weighted by Gasteiger charge is -2.26. The van der Waals surface area contributed by atoms with Gasteiger partial charge in [0.1, 0.15) is 5.75 Å². The molecule has 3 N–H and O–H groups in total. The van der Waals surface area contributed by atoms with E-state index in [1.165, 1.54) is 0 Å². The first-order chi connectivity index (χ1) is 12.4. The Morgan fingerprint density at radius 1 is 1.19 bits per heavy atom. The molecule has 0 heterocycles. The summed E-state index contributed by atoms with van der Waals surface area (Å²) in [7, 11) is 0. The van der Waals surface area contributed by atoms with Crippen LogP contribution < -0.4 is 15.6 Å². The van der Waals surface area contributed by atoms with E-state index in [1.807, 2.05) is 6.92 Å². The van der Waals surface area contributed by atoms with Gasteiger partial charge in [-0.2, -0.15) is 0 Å². The average molecular weight is 381 g/mol. The largest absolute Gasteiger partial charge is 0.484 e. The van der Waals surface area contributed by atoms with E-state index in [-0.39, 0.29) is 18.4 Å². The summed E-state index contributed by atoms with van der Waals surface area (Å²) in [5.74, 6) is -2.55. The first-order valence-corrected chi connectivity index (χ1v) is 8.95. The molecule has 2 saturated carbocycles. The highest BCUT2D eigenvalue weighted by Crippen LogP contribution is 2.52. The molecule has 0 spiro atoms. The minimum Gasteiger partial charge on any atom is -0.484 e. The molecule has 2 amide bonds. The van der Waals surface area contributed by atoms with E-state index in [9.17, 15) is 19.5 Å². The van der Waals surface area contributed by atoms with Gasteiger partial charge in [-0.15, -0.1) is 0 Å². The van der Waals surface area contributed by atoms with Gasteiger partial charge in [0, 0.05) is 5.02 Å². The number of amides is 2. The molecule has 2 aliphatic carbocycles. The van der Waals surface area contributed by atoms with E-state index in [0.29, 0.717) is 10.8 Å². The van der Waals surface area contributed by atoms with Gasteiger partial charge in [-0.1, -0.05) is 11.6 Å². The van der Waals surface area contributed by atoms with Crippen molar-refractivity contribution in [1.29, 1.82) is 0 Å². The Bertz CT molecular complexity index is 738. The number of benzene rings is 1. The summed E-state index contributed by atoms with van der Waals surface area (Å²) in [6.45, 7) is 1.55. The van der Waals surface area contributed by atoms with Gasteiger partial charge >= 0.3 is 5.97 Å². The van der Waals surface area contributed by atoms with E-state index < -0.39 is 29.6 Å². The summed E-state index contributed by atoms with van der Waals surface area (Å²) in [5, 5.41) is 9.99. The number of rotatable bonds is 5. The molecule has 0 unspecified atom stereocenters. The summed E-state index contributed by atoms with van der Waals surface area (Å²) in [6, 6.07) is 5.03. The van der Waals surface area contributed by atoms with Crippen LogP contribution in [0.4, 0.5) is 0 Å². The molecule has 3 rings (SSSR count). The van der Waals surface area contributed by atoms with E-state index in [0.717, 1.165) is 24.8 Å². The molecule has 1 aromatic carbocycles. The summed E-state index contributed by atoms with van der Waals surface area (Å²) in [6.07, 6.45) is 2.48. The van der Waals surface area contributed by atoms with Gasteiger partial charge in [0.25, 0.3) is 5.91 Å². The van der Waals surface area contributed by atoms with Crippen LogP contribution in [0.5, 0.6) is 5.75 Å². The quantitative estimate of drug-likeness (QED) is 0.677. The van der Waals surface area contributed by atoms with Crippen LogP contribution in [0.2, 0.25) is 5.02 Å². The number of halogens is 1. The molecule has 0 aliphatic heterocycles. The van der Waals surface area contributed by atoms with E-state index >= 15 is 0 Å². The summed E-state index contributed by atoms with van der Waals surface area (Å²) < 4.78 is 5.35. The lowest BCUT2D eigenvalue weighted by Crippen LogP contribution is -2.49. The Morgan fingerprint density at radius 3 is 2.54 bits per heavy atom. The third-order valence-corrected chi connectivity index (χ3v) is 5.75. The Morgan fingerprint density at radius 2 is 1.88 bits per heavy atom. The topological polar surface area (TPSA) is 105 Å². The zero-order valence-electron chi connectivity index (χ0n) is 14.3. The minimum atomic E-state index is -0.940. The van der Waals surface area contributed by atoms with E-state index in [4.69, 9.17) is 16.3 Å². The molecular formula is C18H21ClN2O5. The maximum Gasteiger partial charge on any atom is 0.307 e. The molecule has 4 atom stereocenters. The van der Waals surface area contributed by atoms with Crippen molar-refractivity contribution < 1.29 is 24.2 Å². The van der Waals surface area contributed by atoms with Gasteiger partial charge < -0.3 is 9.84 Å². The second kappa shape index (κ2) is 7.53. The maximum absolute atomic E-state index is 12.4. The summed E-state index contributed by atoms with van der Waals surface area (Å²) in [4.78, 5) is 35.7. The van der Waals surface area contributed by atoms with Crippen molar-refractivity contribution in [2.45, 2.75) is 26.2 Å². The molecule has 7 nitrogen and oxygen atoms in total. The molecule has 0 radical (unpaired) electrons. The highest BCUT2D eigenvalue weighted by Gasteiger charge is 2.54. The average Bonchev–Trinajstić information content (AvgIpc) is 3.21. The highest BCUT2D eigenvalue weighted by atomic mass is 35.5. The van der Waals surface area contributed by atoms with Crippen LogP contribution in [0.25, 0.3) is 0 Å². The number of aliphatic carboxylic acids is 1. The van der Waals surface area contributed by atoms with Crippen LogP contribution in [0, 0.1) is 30.6 Å². The van der Waals surface area contributed by atoms with Crippen molar-refractivity contribution in [2.24, 2.45) is 23.7 Å². The molecule has 8 heteroatoms. The van der Waals surface area contributed by atoms with E-state index in [1.54, 1.807) is 18.2 Å². The third-order valence-electron chi connectivity index (χ3n) is 5.33. The van der Waals surface area contributed by atoms with Crippen molar-refractivity contribution in [3.63, 3.8) is 0 Å². The maximum atomic E-state index is 12.4. The van der Waals surface area contributed by atoms with Crippen LogP contribution in [0.3, 0.4) is 0 Å². The van der Waals surface area contributed by atoms with Crippen molar-refractivity contribution in [3.05, 3.63) is 28.8 Å². The summed E-state index contributed by atoms with van der Waals surface area (Å²) >= 11 is 5.93. The fourth-order valence-electron chi connectivity index (χ4n) is 4.13. The number of carbonyl (C=O) groups is 3. The van der Waals surface area contributed by atoms with Crippen molar-refractivity contribution >= 4 is 29.4 Å². The SMILES string of the molecule is Cc1cc(OCC(=O)NNC(=O)[C@@H]2[C@H]3CC[C@@H](C3)[C@H]2C(=O)O)ccc1Cl. The standard InChI is InChI=1S/C18H21ClN2O5/c1-9-6-12(4-5-13(9)19)26-8-14(22)20-21-17(23)15-10-2-3-11(7-10)16(15)18(24)25/h4-6,10-11,15-16H,2-3,7-8H2,1H3,(H,20,22)(H,21,23)(H,24,25)/t10-,11-,15+,16+/m0/s1. The van der Waals surface area contributed by atoms with Crippen LogP contribution in [-0.2, 0) is 14.4 Å². The second-order valence-corrected chi connectivity index (χ2v) is 7.37. The monoisotopic (exact) mass is 380 g/mol. The van der Waals surface area contributed by atoms with Gasteiger partial charge in [0.2, 0.25) is 5.91 Å². The molecule has 140 valence electrons. The summed E-state index contributed by atoms with van der Waals surface area (Å²) in [5.41, 5.74) is 5.47. The lowest BCUT2D eigenvalue weighted by atomic mass is 9.79. The van der Waals surface area contributed by atoms with Crippen LogP contribution in [0.1, 0.15) is 24.8 Å². The number of carbonyl (C=O) groups excluding carboxylic acids is 2. The smallest absolute Gasteiger partial charge is 0.307 e. The Hall–Kier alpha value is -2.28. The first-order valence-electron chi connectivity index (χ1n) is 8.57. The fraction of sp³-hybridized carbons (Fsp3) is 0.500. The van der Waals surface area contributed by atoms with E-state index in [2.05, 4.69) is 10.9 Å². The predicted molar refractivity (Wildman–Crippen MR) is 93.4 cm³/mol. The molecule has 0 saturated heterocycles. The second-order valence-electron chi connectivity index (χ2n) is 6.96. The highest BCUT2D eigenvalue weighted by molar-refractivity contribution is 6.31. The zero-order valence-corrected chi connectivity index (χ0v) is 15.1. The molecule has 1 aromatic rings. The Labute approximate surface area is 156 Å². The molecule has 2 fully saturated rings. The number of nitrogens with one attached hydrogen (secondary N) is 2. The number of hydrogen-bond donors (Lipinski definition) is 3. The van der Waals surface area contributed by atoms with Gasteiger partial charge in [0.15, 0.2) is 6.61 Å². The number of ether oxygens (including phenoxy) is 1. The molecule has 2 aliphatic rings. The van der Waals surface area contributed by atoms with Gasteiger partial charge in [-0.25, -0.2) is 0 Å². The fourth-order valence-corrected chi connectivity index (χ4v) is 4.25. The molecule has 0 aromatic heterocycles. The van der Waals surface area contributed by atoms with Gasteiger partial charge in [0.05, 0.1) is 11.8 Å². The van der Waals surface area contributed by atoms with Gasteiger partial charge in [-0.05, 0) is 61.8 Å². The zero-order chi connectivity index (χ0) is 18.8. The van der Waals surface area contributed by atoms with Gasteiger partial charge in [-0.3, -0.25) is 25.2 Å². The lowest BCUT2D eigenvalue weighted by molar-refractivity contribution is -0.150. The first kappa shape index (κ1) is 18.5. The Kier molecular flexibility index (Phi) is 5.36. The predicted octanol–water partition coefficient (Wildman–Crippen LogP) is 1.92. The molecule has 26 heavy (non-hydrogen) atoms. The number of hydrazine groups is 1. The number of aryl methyl sites for hydroxylation is 1. The number of carboxylic acids is 1. The molecule has 2 bridgehead atoms. The van der Waals surface area contributed by atoms with Crippen molar-refractivity contribution in [1.82, 2.24) is 10.9 Å². The van der Waals surface area contributed by atoms with Crippen LogP contribution in [-0.4, -0.2) is 29.5 Å². The third kappa shape index (κ3) is 3.77. The number of hydrogen-bond acceptors (Lipinski definition) is 4. The van der Waals surface area contributed by atoms with Crippen molar-refractivity contribution in [3.8, 4) is 5.75 Å². The normalized spacial score (nSPS) is 26.4. The number of fused-ring (bicyclic) bond motifs is 2. The van der Waals surface area contributed by atoms with Crippen molar-refractivity contribution in [2.75, 3.05) is 6.61 Å². The Balaban J connectivity index is 1.49. The minimum absolute atomic E-state index is 0.0560. The van der Waals surface area contributed by atoms with Crippen LogP contribution in [0.15, 0.2) is 18.2 Å². The number of carboxylic acid groups (broad SMARTS) is 1. The molecular weight excluding hydrogens is 360 g/mol. The van der Waals surface area contributed by atoms with Crippen LogP contribution >= 0.6 is 11.6 Å².